The lowest BCUT2D eigenvalue weighted by molar-refractivity contribution is -0.140. The Balaban J connectivity index is 1.32. The minimum atomic E-state index is -0.450. The molecule has 8 nitrogen and oxygen atoms in total. The monoisotopic (exact) mass is 384 g/mol. The van der Waals surface area contributed by atoms with Gasteiger partial charge in [0.25, 0.3) is 7.41 Å². The first kappa shape index (κ1) is 19.0. The van der Waals surface area contributed by atoms with Gasteiger partial charge in [0, 0.05) is 19.1 Å². The van der Waals surface area contributed by atoms with Crippen LogP contribution in [0.15, 0.2) is 30.3 Å². The third-order valence-corrected chi connectivity index (χ3v) is 5.79. The number of benzene rings is 1. The van der Waals surface area contributed by atoms with Crippen molar-refractivity contribution in [2.45, 2.75) is 44.0 Å². The summed E-state index contributed by atoms with van der Waals surface area (Å²) in [7, 11) is 0.399. The SMILES string of the molecule is O=CBN1CC[C@@H](NC(=O)[C@@H]2CC[C@@H]3CN2C(=O)N3OCc2ccccc2)C1. The van der Waals surface area contributed by atoms with Crippen LogP contribution in [0.1, 0.15) is 24.8 Å². The molecule has 28 heavy (non-hydrogen) atoms. The van der Waals surface area contributed by atoms with Crippen LogP contribution < -0.4 is 5.32 Å². The summed E-state index contributed by atoms with van der Waals surface area (Å²) < 4.78 is 0. The van der Waals surface area contributed by atoms with E-state index in [2.05, 4.69) is 5.32 Å². The number of carbonyl (C=O) groups is 3. The van der Waals surface area contributed by atoms with Crippen LogP contribution in [0.4, 0.5) is 4.79 Å². The highest BCUT2D eigenvalue weighted by atomic mass is 16.7. The highest BCUT2D eigenvalue weighted by Crippen LogP contribution is 2.30. The van der Waals surface area contributed by atoms with E-state index in [-0.39, 0.29) is 24.0 Å². The summed E-state index contributed by atoms with van der Waals surface area (Å²) >= 11 is 0. The molecule has 2 bridgehead atoms. The molecular formula is C19H25BN4O4. The van der Waals surface area contributed by atoms with Crippen LogP contribution in [-0.2, 0) is 21.0 Å². The van der Waals surface area contributed by atoms with Gasteiger partial charge in [-0.1, -0.05) is 30.3 Å². The maximum absolute atomic E-state index is 12.8. The largest absolute Gasteiger partial charge is 0.350 e. The molecule has 3 amide bonds. The second-order valence-electron chi connectivity index (χ2n) is 7.69. The quantitative estimate of drug-likeness (QED) is 0.534. The van der Waals surface area contributed by atoms with Crippen molar-refractivity contribution in [2.24, 2.45) is 0 Å². The van der Waals surface area contributed by atoms with E-state index in [9.17, 15) is 14.4 Å². The zero-order valence-electron chi connectivity index (χ0n) is 15.8. The lowest BCUT2D eigenvalue weighted by atomic mass is 9.96. The maximum Gasteiger partial charge on any atom is 0.345 e. The summed E-state index contributed by atoms with van der Waals surface area (Å²) in [6.07, 6.45) is 3.10. The van der Waals surface area contributed by atoms with Crippen molar-refractivity contribution in [1.29, 1.82) is 0 Å². The predicted molar refractivity (Wildman–Crippen MR) is 104 cm³/mol. The van der Waals surface area contributed by atoms with Gasteiger partial charge in [0.2, 0.25) is 5.91 Å². The van der Waals surface area contributed by atoms with Gasteiger partial charge in [-0.05, 0) is 31.4 Å². The number of urea groups is 1. The van der Waals surface area contributed by atoms with Gasteiger partial charge in [-0.25, -0.2) is 4.79 Å². The second kappa shape index (κ2) is 8.32. The average Bonchev–Trinajstić information content (AvgIpc) is 3.24. The van der Waals surface area contributed by atoms with E-state index in [1.807, 2.05) is 35.1 Å². The Hall–Kier alpha value is -2.39. The van der Waals surface area contributed by atoms with Crippen molar-refractivity contribution in [3.63, 3.8) is 0 Å². The second-order valence-corrected chi connectivity index (χ2v) is 7.69. The van der Waals surface area contributed by atoms with Crippen LogP contribution in [0, 0.1) is 0 Å². The van der Waals surface area contributed by atoms with E-state index in [1.165, 1.54) is 5.06 Å². The molecule has 1 aromatic rings. The molecule has 0 saturated carbocycles. The number of hydroxylamine groups is 2. The van der Waals surface area contributed by atoms with Gasteiger partial charge in [-0.2, -0.15) is 5.06 Å². The number of piperidine rings is 1. The van der Waals surface area contributed by atoms with Gasteiger partial charge in [-0.3, -0.25) is 9.63 Å². The minimum absolute atomic E-state index is 0.00479. The van der Waals surface area contributed by atoms with Gasteiger partial charge in [0.05, 0.1) is 12.2 Å². The number of rotatable bonds is 7. The normalized spacial score (nSPS) is 27.1. The highest BCUT2D eigenvalue weighted by molar-refractivity contribution is 6.64. The Labute approximate surface area is 165 Å². The van der Waals surface area contributed by atoms with Crippen LogP contribution in [0.5, 0.6) is 0 Å². The molecule has 1 aromatic carbocycles. The van der Waals surface area contributed by atoms with E-state index in [0.717, 1.165) is 31.1 Å². The summed E-state index contributed by atoms with van der Waals surface area (Å²) in [5, 5.41) is 4.51. The van der Waals surface area contributed by atoms with E-state index < -0.39 is 6.04 Å². The van der Waals surface area contributed by atoms with Crippen molar-refractivity contribution in [1.82, 2.24) is 20.1 Å². The number of carbonyl (C=O) groups excluding carboxylic acids is 3. The summed E-state index contributed by atoms with van der Waals surface area (Å²) in [5.74, 6) is -0.102. The Morgan fingerprint density at radius 2 is 2.04 bits per heavy atom. The van der Waals surface area contributed by atoms with Crippen LogP contribution >= 0.6 is 0 Å². The standard InChI is InChI=1S/C19H25BN4O4/c25-13-20-22-9-8-15(10-22)21-18(26)17-7-6-16-11-23(17)19(27)24(16)28-12-14-4-2-1-3-5-14/h1-5,13,15-17,20H,6-12H2,(H,21,26)/t15-,16-,17+/m1/s1. The molecule has 3 aliphatic heterocycles. The molecule has 0 aromatic heterocycles. The first-order valence-electron chi connectivity index (χ1n) is 9.88. The van der Waals surface area contributed by atoms with Crippen molar-refractivity contribution in [3.8, 4) is 0 Å². The van der Waals surface area contributed by atoms with E-state index in [0.29, 0.717) is 33.5 Å². The minimum Gasteiger partial charge on any atom is -0.350 e. The Morgan fingerprint density at radius 3 is 2.82 bits per heavy atom. The first-order valence-corrected chi connectivity index (χ1v) is 9.88. The third-order valence-electron chi connectivity index (χ3n) is 5.79. The number of amides is 3. The van der Waals surface area contributed by atoms with Gasteiger partial charge in [0.15, 0.2) is 0 Å². The molecular weight excluding hydrogens is 359 g/mol. The van der Waals surface area contributed by atoms with E-state index >= 15 is 0 Å². The van der Waals surface area contributed by atoms with Gasteiger partial charge in [0.1, 0.15) is 12.6 Å². The number of nitrogens with zero attached hydrogens (tertiary/aromatic N) is 3. The van der Waals surface area contributed by atoms with E-state index in [1.54, 1.807) is 4.90 Å². The van der Waals surface area contributed by atoms with Crippen molar-refractivity contribution in [2.75, 3.05) is 19.6 Å². The molecule has 4 rings (SSSR count). The molecule has 148 valence electrons. The zero-order chi connectivity index (χ0) is 19.5. The van der Waals surface area contributed by atoms with Crippen LogP contribution in [0.2, 0.25) is 0 Å². The van der Waals surface area contributed by atoms with Crippen molar-refractivity contribution < 1.29 is 19.2 Å². The molecule has 3 atom stereocenters. The molecule has 0 spiro atoms. The number of fused-ring (bicyclic) bond motifs is 2. The fraction of sp³-hybridized carbons (Fsp3) is 0.526. The molecule has 3 heterocycles. The third kappa shape index (κ3) is 3.90. The lowest BCUT2D eigenvalue weighted by Crippen LogP contribution is -2.52. The fourth-order valence-electron chi connectivity index (χ4n) is 4.31. The fourth-order valence-corrected chi connectivity index (χ4v) is 4.31. The Kier molecular flexibility index (Phi) is 5.63. The number of hydrogen-bond acceptors (Lipinski definition) is 5. The van der Waals surface area contributed by atoms with Crippen LogP contribution in [0.3, 0.4) is 0 Å². The summed E-state index contributed by atoms with van der Waals surface area (Å²) in [5.41, 5.74) is 1.00. The summed E-state index contributed by atoms with van der Waals surface area (Å²) in [6.45, 7) is 2.34. The molecule has 0 aliphatic carbocycles. The molecule has 9 heteroatoms. The van der Waals surface area contributed by atoms with Crippen LogP contribution in [-0.4, -0.2) is 78.1 Å². The van der Waals surface area contributed by atoms with Gasteiger partial charge < -0.3 is 19.8 Å². The van der Waals surface area contributed by atoms with Crippen molar-refractivity contribution >= 4 is 25.5 Å². The summed E-state index contributed by atoms with van der Waals surface area (Å²) in [4.78, 5) is 45.7. The number of nitrogens with one attached hydrogen (secondary N) is 1. The smallest absolute Gasteiger partial charge is 0.345 e. The molecule has 0 radical (unpaired) electrons. The molecule has 3 aliphatic rings. The lowest BCUT2D eigenvalue weighted by Gasteiger charge is -2.30. The Bertz CT molecular complexity index is 734. The molecule has 3 saturated heterocycles. The summed E-state index contributed by atoms with van der Waals surface area (Å²) in [6, 6.07) is 9.08. The molecule has 0 unspecified atom stereocenters. The molecule has 3 fully saturated rings. The maximum atomic E-state index is 12.8. The van der Waals surface area contributed by atoms with Crippen LogP contribution in [0.25, 0.3) is 0 Å². The van der Waals surface area contributed by atoms with Crippen molar-refractivity contribution in [3.05, 3.63) is 35.9 Å². The highest BCUT2D eigenvalue weighted by Gasteiger charge is 2.48. The topological polar surface area (TPSA) is 82.2 Å². The van der Waals surface area contributed by atoms with E-state index in [4.69, 9.17) is 4.84 Å². The van der Waals surface area contributed by atoms with Gasteiger partial charge >= 0.3 is 6.03 Å². The predicted octanol–water partition coefficient (Wildman–Crippen LogP) is 0.119. The van der Waals surface area contributed by atoms with Gasteiger partial charge in [-0.15, -0.1) is 0 Å². The number of hydrogen-bond donors (Lipinski definition) is 1. The average molecular weight is 384 g/mol. The zero-order valence-corrected chi connectivity index (χ0v) is 15.8. The molecule has 1 N–H and O–H groups in total. The Morgan fingerprint density at radius 1 is 1.21 bits per heavy atom. The first-order chi connectivity index (χ1) is 13.7.